The van der Waals surface area contributed by atoms with Crippen molar-refractivity contribution in [2.75, 3.05) is 5.75 Å². The van der Waals surface area contributed by atoms with Gasteiger partial charge in [0.15, 0.2) is 5.78 Å². The Kier molecular flexibility index (Phi) is 3.92. The minimum Gasteiger partial charge on any atom is -0.352 e. The summed E-state index contributed by atoms with van der Waals surface area (Å²) in [6, 6.07) is 4.26. The van der Waals surface area contributed by atoms with Gasteiger partial charge in [0.05, 0.1) is 28.5 Å². The number of hydrogen-bond donors (Lipinski definition) is 1. The van der Waals surface area contributed by atoms with E-state index in [1.165, 1.54) is 11.8 Å². The van der Waals surface area contributed by atoms with Crippen LogP contribution in [0, 0.1) is 34.0 Å². The number of allylic oxidation sites excluding steroid dienone is 3. The highest BCUT2D eigenvalue weighted by Crippen LogP contribution is 2.43. The van der Waals surface area contributed by atoms with Gasteiger partial charge in [-0.15, -0.1) is 0 Å². The molecule has 4 nitrogen and oxygen atoms in total. The lowest BCUT2D eigenvalue weighted by Gasteiger charge is -2.37. The Bertz CT molecular complexity index is 602. The van der Waals surface area contributed by atoms with Gasteiger partial charge in [-0.2, -0.15) is 10.5 Å². The molecule has 0 aromatic heterocycles. The highest BCUT2D eigenvalue weighted by molar-refractivity contribution is 8.03. The van der Waals surface area contributed by atoms with E-state index in [2.05, 4.69) is 31.3 Å². The second-order valence-corrected chi connectivity index (χ2v) is 6.97. The minimum atomic E-state index is -0.180. The van der Waals surface area contributed by atoms with Crippen molar-refractivity contribution in [2.24, 2.45) is 11.3 Å². The highest BCUT2D eigenvalue weighted by Gasteiger charge is 2.39. The first-order valence-electron chi connectivity index (χ1n) is 6.57. The van der Waals surface area contributed by atoms with Gasteiger partial charge in [-0.25, -0.2) is 0 Å². The number of dihydropyridines is 1. The normalized spacial score (nSPS) is 24.6. The summed E-state index contributed by atoms with van der Waals surface area (Å²) in [7, 11) is 0. The van der Waals surface area contributed by atoms with E-state index in [1.54, 1.807) is 0 Å². The number of ketones is 1. The van der Waals surface area contributed by atoms with Gasteiger partial charge in [-0.3, -0.25) is 4.79 Å². The van der Waals surface area contributed by atoms with Crippen LogP contribution in [0.25, 0.3) is 0 Å². The van der Waals surface area contributed by atoms with E-state index in [9.17, 15) is 10.1 Å². The Morgan fingerprint density at radius 3 is 2.70 bits per heavy atom. The van der Waals surface area contributed by atoms with Gasteiger partial charge in [0.25, 0.3) is 0 Å². The molecule has 1 heterocycles. The van der Waals surface area contributed by atoms with Crippen LogP contribution in [-0.2, 0) is 4.79 Å². The van der Waals surface area contributed by atoms with Crippen LogP contribution in [-0.4, -0.2) is 11.5 Å². The van der Waals surface area contributed by atoms with Crippen LogP contribution < -0.4 is 5.32 Å². The first-order chi connectivity index (χ1) is 9.39. The van der Waals surface area contributed by atoms with Crippen LogP contribution in [0.2, 0.25) is 0 Å². The summed E-state index contributed by atoms with van der Waals surface area (Å²) in [4.78, 5) is 12.3. The molecule has 0 spiro atoms. The van der Waals surface area contributed by atoms with E-state index in [0.717, 1.165) is 22.7 Å². The molecule has 0 fully saturated rings. The SMILES string of the molecule is CC1C(C#N)=C(SCC#N)NC2=C1C(=O)CC(C)(C)C2. The van der Waals surface area contributed by atoms with Gasteiger partial charge in [0.1, 0.15) is 0 Å². The van der Waals surface area contributed by atoms with E-state index in [0.29, 0.717) is 17.7 Å². The number of nitrogens with zero attached hydrogens (tertiary/aromatic N) is 2. The molecule has 0 aromatic rings. The Hall–Kier alpha value is -1.72. The predicted molar refractivity (Wildman–Crippen MR) is 78.1 cm³/mol. The van der Waals surface area contributed by atoms with Crippen LogP contribution in [0.5, 0.6) is 0 Å². The molecular weight excluding hydrogens is 270 g/mol. The molecule has 1 aliphatic carbocycles. The standard InChI is InChI=1S/C15H17N3OS/c1-9-10(8-17)14(20-5-4-16)18-11-6-15(2,3)7-12(19)13(9)11/h9,18H,5-7H2,1-3H3. The van der Waals surface area contributed by atoms with Crippen molar-refractivity contribution < 1.29 is 4.79 Å². The summed E-state index contributed by atoms with van der Waals surface area (Å²) in [6.45, 7) is 6.05. The number of carbonyl (C=O) groups is 1. The Morgan fingerprint density at radius 1 is 1.40 bits per heavy atom. The topological polar surface area (TPSA) is 76.7 Å². The lowest BCUT2D eigenvalue weighted by molar-refractivity contribution is -0.118. The van der Waals surface area contributed by atoms with Crippen molar-refractivity contribution in [1.82, 2.24) is 5.32 Å². The third-order valence-electron chi connectivity index (χ3n) is 3.70. The monoisotopic (exact) mass is 287 g/mol. The van der Waals surface area contributed by atoms with E-state index in [1.807, 2.05) is 6.92 Å². The van der Waals surface area contributed by atoms with E-state index >= 15 is 0 Å². The lowest BCUT2D eigenvalue weighted by atomic mass is 9.71. The molecule has 104 valence electrons. The quantitative estimate of drug-likeness (QED) is 0.845. The Balaban J connectivity index is 2.39. The zero-order valence-corrected chi connectivity index (χ0v) is 12.7. The average Bonchev–Trinajstić information content (AvgIpc) is 2.34. The summed E-state index contributed by atoms with van der Waals surface area (Å²) in [5.74, 6) is 0.245. The third kappa shape index (κ3) is 2.59. The molecular formula is C15H17N3OS. The number of thioether (sulfide) groups is 1. The van der Waals surface area contributed by atoms with Gasteiger partial charge in [-0.05, 0) is 11.8 Å². The van der Waals surface area contributed by atoms with Crippen molar-refractivity contribution in [1.29, 1.82) is 10.5 Å². The molecule has 1 unspecified atom stereocenters. The second-order valence-electron chi connectivity index (χ2n) is 5.98. The van der Waals surface area contributed by atoms with Crippen LogP contribution in [0.15, 0.2) is 21.9 Å². The van der Waals surface area contributed by atoms with Crippen molar-refractivity contribution in [3.05, 3.63) is 21.9 Å². The van der Waals surface area contributed by atoms with Crippen molar-refractivity contribution in [3.63, 3.8) is 0 Å². The van der Waals surface area contributed by atoms with Gasteiger partial charge in [-0.1, -0.05) is 32.5 Å². The molecule has 5 heteroatoms. The molecule has 2 aliphatic rings. The minimum absolute atomic E-state index is 0.0577. The zero-order chi connectivity index (χ0) is 14.9. The zero-order valence-electron chi connectivity index (χ0n) is 11.9. The fraction of sp³-hybridized carbons (Fsp3) is 0.533. The first-order valence-corrected chi connectivity index (χ1v) is 7.55. The lowest BCUT2D eigenvalue weighted by Crippen LogP contribution is -2.36. The van der Waals surface area contributed by atoms with E-state index < -0.39 is 0 Å². The van der Waals surface area contributed by atoms with E-state index in [-0.39, 0.29) is 17.1 Å². The van der Waals surface area contributed by atoms with Crippen LogP contribution >= 0.6 is 11.8 Å². The fourth-order valence-electron chi connectivity index (χ4n) is 2.86. The van der Waals surface area contributed by atoms with Gasteiger partial charge in [0, 0.05) is 23.6 Å². The maximum atomic E-state index is 12.3. The fourth-order valence-corrected chi connectivity index (χ4v) is 3.64. The largest absolute Gasteiger partial charge is 0.352 e. The molecule has 0 bridgehead atoms. The predicted octanol–water partition coefficient (Wildman–Crippen LogP) is 2.86. The number of rotatable bonds is 2. The highest BCUT2D eigenvalue weighted by atomic mass is 32.2. The molecule has 0 amide bonds. The average molecular weight is 287 g/mol. The number of nitrogens with one attached hydrogen (secondary N) is 1. The molecule has 0 saturated carbocycles. The third-order valence-corrected chi connectivity index (χ3v) is 4.58. The summed E-state index contributed by atoms with van der Waals surface area (Å²) in [5, 5.41) is 22.0. The van der Waals surface area contributed by atoms with Gasteiger partial charge >= 0.3 is 0 Å². The molecule has 0 saturated heterocycles. The number of hydrogen-bond acceptors (Lipinski definition) is 5. The summed E-state index contributed by atoms with van der Waals surface area (Å²) in [5.41, 5.74) is 2.19. The summed E-state index contributed by atoms with van der Waals surface area (Å²) >= 11 is 1.33. The molecule has 2 rings (SSSR count). The van der Waals surface area contributed by atoms with Gasteiger partial charge < -0.3 is 5.32 Å². The molecule has 20 heavy (non-hydrogen) atoms. The molecule has 1 aliphatic heterocycles. The molecule has 1 N–H and O–H groups in total. The number of nitriles is 2. The maximum absolute atomic E-state index is 12.3. The van der Waals surface area contributed by atoms with Crippen LogP contribution in [0.3, 0.4) is 0 Å². The van der Waals surface area contributed by atoms with Crippen molar-refractivity contribution in [3.8, 4) is 12.1 Å². The molecule has 1 atom stereocenters. The Labute approximate surface area is 123 Å². The van der Waals surface area contributed by atoms with Crippen molar-refractivity contribution >= 4 is 17.5 Å². The molecule has 0 aromatic carbocycles. The Morgan fingerprint density at radius 2 is 2.10 bits per heavy atom. The second kappa shape index (κ2) is 5.34. The summed E-state index contributed by atoms with van der Waals surface area (Å²) in [6.07, 6.45) is 1.32. The number of carbonyl (C=O) groups excluding carboxylic acids is 1. The first kappa shape index (κ1) is 14.7. The van der Waals surface area contributed by atoms with Crippen molar-refractivity contribution in [2.45, 2.75) is 33.6 Å². The summed E-state index contributed by atoms with van der Waals surface area (Å²) < 4.78 is 0. The van der Waals surface area contributed by atoms with Crippen LogP contribution in [0.4, 0.5) is 0 Å². The van der Waals surface area contributed by atoms with Gasteiger partial charge in [0.2, 0.25) is 0 Å². The van der Waals surface area contributed by atoms with E-state index in [4.69, 9.17) is 5.26 Å². The van der Waals surface area contributed by atoms with Crippen LogP contribution in [0.1, 0.15) is 33.6 Å². The number of Topliss-reactive ketones (excluding diaryl/α,β-unsaturated/α-hetero) is 1. The smallest absolute Gasteiger partial charge is 0.161 e. The maximum Gasteiger partial charge on any atom is 0.161 e. The molecule has 0 radical (unpaired) electrons.